The van der Waals surface area contributed by atoms with E-state index in [2.05, 4.69) is 0 Å². The van der Waals surface area contributed by atoms with Gasteiger partial charge < -0.3 is 14.0 Å². The zero-order valence-electron chi connectivity index (χ0n) is 17.3. The number of ether oxygens (including phenoxy) is 1. The van der Waals surface area contributed by atoms with Crippen molar-refractivity contribution in [3.8, 4) is 0 Å². The molecule has 2 aromatic carbocycles. The van der Waals surface area contributed by atoms with Crippen molar-refractivity contribution in [1.29, 1.82) is 0 Å². The normalized spacial score (nSPS) is 17.9. The number of hydrogen-bond acceptors (Lipinski definition) is 4. The van der Waals surface area contributed by atoms with Crippen molar-refractivity contribution in [1.82, 2.24) is 0 Å². The highest BCUT2D eigenvalue weighted by Crippen LogP contribution is 2.37. The van der Waals surface area contributed by atoms with Crippen LogP contribution in [0.1, 0.15) is 53.0 Å². The van der Waals surface area contributed by atoms with Crippen molar-refractivity contribution in [3.05, 3.63) is 41.7 Å². The summed E-state index contributed by atoms with van der Waals surface area (Å²) in [4.78, 5) is 11.6. The zero-order chi connectivity index (χ0) is 20.5. The molecule has 3 rings (SSSR count). The fourth-order valence-electron chi connectivity index (χ4n) is 3.51. The van der Waals surface area contributed by atoms with E-state index in [-0.39, 0.29) is 18.2 Å². The van der Waals surface area contributed by atoms with E-state index in [0.29, 0.717) is 25.0 Å². The van der Waals surface area contributed by atoms with Gasteiger partial charge in [-0.1, -0.05) is 24.3 Å². The summed E-state index contributed by atoms with van der Waals surface area (Å²) in [5.41, 5.74) is 0.461. The Hall–Kier alpha value is -1.92. The van der Waals surface area contributed by atoms with E-state index in [0.717, 1.165) is 16.2 Å². The Labute approximate surface area is 166 Å². The van der Waals surface area contributed by atoms with Crippen LogP contribution in [0, 0.1) is 5.82 Å². The van der Waals surface area contributed by atoms with E-state index < -0.39 is 18.3 Å². The topological polar surface area (TPSA) is 44.8 Å². The minimum atomic E-state index is -0.570. The molecule has 150 valence electrons. The van der Waals surface area contributed by atoms with Crippen LogP contribution in [0.25, 0.3) is 10.8 Å². The van der Waals surface area contributed by atoms with Crippen LogP contribution in [-0.4, -0.2) is 30.9 Å². The maximum Gasteiger partial charge on any atom is 0.495 e. The van der Waals surface area contributed by atoms with Crippen LogP contribution in [0.2, 0.25) is 0 Å². The predicted octanol–water partition coefficient (Wildman–Crippen LogP) is 4.16. The summed E-state index contributed by atoms with van der Waals surface area (Å²) in [5.74, 6) is -0.533. The second kappa shape index (κ2) is 7.84. The Kier molecular flexibility index (Phi) is 5.83. The van der Waals surface area contributed by atoms with E-state index in [4.69, 9.17) is 14.0 Å². The van der Waals surface area contributed by atoms with E-state index in [1.54, 1.807) is 13.0 Å². The summed E-state index contributed by atoms with van der Waals surface area (Å²) in [6.07, 6.45) is 1.23. The number of rotatable bonds is 6. The Balaban J connectivity index is 1.96. The monoisotopic (exact) mass is 386 g/mol. The smallest absolute Gasteiger partial charge is 0.466 e. The molecule has 28 heavy (non-hydrogen) atoms. The van der Waals surface area contributed by atoms with Gasteiger partial charge in [-0.05, 0) is 75.3 Å². The van der Waals surface area contributed by atoms with Gasteiger partial charge in [0.15, 0.2) is 0 Å². The average molecular weight is 386 g/mol. The molecule has 0 atom stereocenters. The van der Waals surface area contributed by atoms with Crippen molar-refractivity contribution in [2.45, 2.75) is 65.1 Å². The maximum atomic E-state index is 14.8. The largest absolute Gasteiger partial charge is 0.495 e. The molecule has 1 aliphatic heterocycles. The maximum absolute atomic E-state index is 14.8. The molecule has 0 bridgehead atoms. The molecular weight excluding hydrogens is 358 g/mol. The number of carbonyl (C=O) groups excluding carboxylic acids is 1. The summed E-state index contributed by atoms with van der Waals surface area (Å²) in [7, 11) is -0.570. The van der Waals surface area contributed by atoms with Crippen LogP contribution < -0.4 is 5.46 Å². The minimum absolute atomic E-state index is 0.255. The molecule has 1 fully saturated rings. The predicted molar refractivity (Wildman–Crippen MR) is 109 cm³/mol. The molecular formula is C22H28BFO4. The van der Waals surface area contributed by atoms with Crippen LogP contribution >= 0.6 is 0 Å². The summed E-state index contributed by atoms with van der Waals surface area (Å²) in [6, 6.07) is 9.07. The van der Waals surface area contributed by atoms with Crippen molar-refractivity contribution < 1.29 is 23.2 Å². The quantitative estimate of drug-likeness (QED) is 0.552. The van der Waals surface area contributed by atoms with Crippen molar-refractivity contribution >= 4 is 29.3 Å². The van der Waals surface area contributed by atoms with Gasteiger partial charge in [-0.3, -0.25) is 4.79 Å². The second-order valence-electron chi connectivity index (χ2n) is 8.22. The number of aryl methyl sites for hydroxylation is 1. The summed E-state index contributed by atoms with van der Waals surface area (Å²) >= 11 is 0. The molecule has 6 heteroatoms. The van der Waals surface area contributed by atoms with Gasteiger partial charge in [0.2, 0.25) is 0 Å². The van der Waals surface area contributed by atoms with Gasteiger partial charge in [-0.25, -0.2) is 4.39 Å². The first kappa shape index (κ1) is 20.8. The first-order valence-electron chi connectivity index (χ1n) is 9.87. The summed E-state index contributed by atoms with van der Waals surface area (Å²) in [5, 5.41) is 1.74. The Morgan fingerprint density at radius 2 is 1.79 bits per heavy atom. The molecule has 1 saturated heterocycles. The fraction of sp³-hybridized carbons (Fsp3) is 0.500. The molecule has 0 radical (unpaired) electrons. The molecule has 0 N–H and O–H groups in total. The molecule has 2 aromatic rings. The van der Waals surface area contributed by atoms with Gasteiger partial charge in [-0.2, -0.15) is 0 Å². The third-order valence-electron chi connectivity index (χ3n) is 5.75. The minimum Gasteiger partial charge on any atom is -0.466 e. The first-order chi connectivity index (χ1) is 13.2. The van der Waals surface area contributed by atoms with Crippen LogP contribution in [0.4, 0.5) is 4.39 Å². The van der Waals surface area contributed by atoms with Gasteiger partial charge in [0.1, 0.15) is 5.82 Å². The average Bonchev–Trinajstić information content (AvgIpc) is 2.84. The third kappa shape index (κ3) is 3.94. The molecule has 4 nitrogen and oxygen atoms in total. The van der Waals surface area contributed by atoms with Crippen molar-refractivity contribution in [2.24, 2.45) is 0 Å². The Bertz CT molecular complexity index is 862. The molecule has 0 amide bonds. The number of hydrogen-bond donors (Lipinski definition) is 0. The van der Waals surface area contributed by atoms with Gasteiger partial charge in [0.05, 0.1) is 17.8 Å². The summed E-state index contributed by atoms with van der Waals surface area (Å²) < 4.78 is 32.2. The lowest BCUT2D eigenvalue weighted by Gasteiger charge is -2.32. The zero-order valence-corrected chi connectivity index (χ0v) is 17.3. The molecule has 0 saturated carbocycles. The number of benzene rings is 2. The molecule has 1 heterocycles. The van der Waals surface area contributed by atoms with Gasteiger partial charge >= 0.3 is 13.1 Å². The van der Waals surface area contributed by atoms with E-state index in [1.165, 1.54) is 6.07 Å². The van der Waals surface area contributed by atoms with Crippen LogP contribution in [-0.2, 0) is 25.3 Å². The number of carbonyl (C=O) groups is 1. The first-order valence-corrected chi connectivity index (χ1v) is 9.87. The molecule has 0 spiro atoms. The molecule has 1 aliphatic rings. The highest BCUT2D eigenvalue weighted by Gasteiger charge is 2.52. The van der Waals surface area contributed by atoms with E-state index in [1.807, 2.05) is 45.9 Å². The Morgan fingerprint density at radius 3 is 2.43 bits per heavy atom. The lowest BCUT2D eigenvalue weighted by atomic mass is 9.74. The summed E-state index contributed by atoms with van der Waals surface area (Å²) in [6.45, 7) is 10.1. The van der Waals surface area contributed by atoms with Crippen LogP contribution in [0.15, 0.2) is 30.3 Å². The van der Waals surface area contributed by atoms with Crippen LogP contribution in [0.5, 0.6) is 0 Å². The SMILES string of the molecule is CCOC(=O)CCCc1c(F)ccc2cccc(B3OC(C)(C)C(C)(C)O3)c12. The van der Waals surface area contributed by atoms with Gasteiger partial charge in [0.25, 0.3) is 0 Å². The van der Waals surface area contributed by atoms with Crippen LogP contribution in [0.3, 0.4) is 0 Å². The van der Waals surface area contributed by atoms with Crippen molar-refractivity contribution in [3.63, 3.8) is 0 Å². The molecule has 0 aromatic heterocycles. The second-order valence-corrected chi connectivity index (χ2v) is 8.22. The lowest BCUT2D eigenvalue weighted by Crippen LogP contribution is -2.41. The van der Waals surface area contributed by atoms with E-state index >= 15 is 0 Å². The lowest BCUT2D eigenvalue weighted by molar-refractivity contribution is -0.143. The fourth-order valence-corrected chi connectivity index (χ4v) is 3.51. The third-order valence-corrected chi connectivity index (χ3v) is 5.75. The highest BCUT2D eigenvalue weighted by molar-refractivity contribution is 6.65. The number of fused-ring (bicyclic) bond motifs is 1. The Morgan fingerprint density at radius 1 is 1.11 bits per heavy atom. The van der Waals surface area contributed by atoms with Crippen molar-refractivity contribution in [2.75, 3.05) is 6.61 Å². The number of esters is 1. The standard InChI is InChI=1S/C22H28BFO4/c1-6-26-19(25)12-8-10-16-18(24)14-13-15-9-7-11-17(20(15)16)23-27-21(2,3)22(4,5)28-23/h7,9,11,13-14H,6,8,10,12H2,1-5H3. The van der Waals surface area contributed by atoms with Gasteiger partial charge in [-0.15, -0.1) is 0 Å². The highest BCUT2D eigenvalue weighted by atomic mass is 19.1. The van der Waals surface area contributed by atoms with E-state index in [9.17, 15) is 9.18 Å². The number of halogens is 1. The molecule has 0 aliphatic carbocycles. The molecule has 0 unspecified atom stereocenters. The van der Waals surface area contributed by atoms with Gasteiger partial charge in [0, 0.05) is 6.42 Å².